The zero-order valence-electron chi connectivity index (χ0n) is 8.42. The minimum absolute atomic E-state index is 0.141. The summed E-state index contributed by atoms with van der Waals surface area (Å²) in [6.07, 6.45) is 1.37. The van der Waals surface area contributed by atoms with Gasteiger partial charge in [-0.3, -0.25) is 0 Å². The summed E-state index contributed by atoms with van der Waals surface area (Å²) in [5.74, 6) is -0.710. The van der Waals surface area contributed by atoms with Crippen LogP contribution in [0.1, 0.15) is 5.56 Å². The fourth-order valence-corrected chi connectivity index (χ4v) is 1.21. The first kappa shape index (κ1) is 12.1. The van der Waals surface area contributed by atoms with E-state index in [0.717, 1.165) is 0 Å². The van der Waals surface area contributed by atoms with Crippen molar-refractivity contribution in [2.24, 2.45) is 5.11 Å². The Morgan fingerprint density at radius 1 is 1.56 bits per heavy atom. The van der Waals surface area contributed by atoms with Crippen LogP contribution in [0.15, 0.2) is 35.1 Å². The van der Waals surface area contributed by atoms with Crippen LogP contribution in [0.5, 0.6) is 0 Å². The molecule has 1 rings (SSSR count). The Hall–Kier alpha value is -1.97. The smallest absolute Gasteiger partial charge is 0.340 e. The number of benzene rings is 1. The second kappa shape index (κ2) is 5.80. The Kier molecular flexibility index (Phi) is 4.39. The van der Waals surface area contributed by atoms with Crippen LogP contribution < -0.4 is 0 Å². The first-order valence-corrected chi connectivity index (χ1v) is 4.66. The van der Waals surface area contributed by atoms with Gasteiger partial charge in [0, 0.05) is 9.93 Å². The predicted molar refractivity (Wildman–Crippen MR) is 60.6 cm³/mol. The van der Waals surface area contributed by atoms with Gasteiger partial charge in [0.2, 0.25) is 0 Å². The molecule has 0 atom stereocenters. The number of halogens is 1. The lowest BCUT2D eigenvalue weighted by Crippen LogP contribution is -2.01. The van der Waals surface area contributed by atoms with Gasteiger partial charge < -0.3 is 4.74 Å². The molecule has 1 aromatic carbocycles. The highest BCUT2D eigenvalue weighted by Gasteiger charge is 2.08. The molecule has 0 saturated heterocycles. The van der Waals surface area contributed by atoms with Gasteiger partial charge in [-0.2, -0.15) is 0 Å². The van der Waals surface area contributed by atoms with Crippen molar-refractivity contribution in [1.29, 1.82) is 0 Å². The summed E-state index contributed by atoms with van der Waals surface area (Å²) in [7, 11) is 1.20. The Balaban J connectivity index is 3.17. The van der Waals surface area contributed by atoms with Crippen LogP contribution in [-0.4, -0.2) is 13.1 Å². The largest absolute Gasteiger partial charge is 0.466 e. The van der Waals surface area contributed by atoms with E-state index in [4.69, 9.17) is 17.1 Å². The van der Waals surface area contributed by atoms with Crippen molar-refractivity contribution >= 4 is 23.6 Å². The van der Waals surface area contributed by atoms with Crippen molar-refractivity contribution in [2.45, 2.75) is 0 Å². The molecule has 0 spiro atoms. The van der Waals surface area contributed by atoms with E-state index in [0.29, 0.717) is 10.6 Å². The highest BCUT2D eigenvalue weighted by molar-refractivity contribution is 6.32. The first-order valence-electron chi connectivity index (χ1n) is 4.28. The van der Waals surface area contributed by atoms with E-state index in [1.807, 2.05) is 0 Å². The van der Waals surface area contributed by atoms with Crippen molar-refractivity contribution in [3.8, 4) is 0 Å². The molecule has 0 fully saturated rings. The van der Waals surface area contributed by atoms with Gasteiger partial charge in [-0.15, -0.1) is 0 Å². The monoisotopic (exact) mass is 237 g/mol. The topological polar surface area (TPSA) is 75.1 Å². The van der Waals surface area contributed by atoms with Gasteiger partial charge in [0.15, 0.2) is 0 Å². The summed E-state index contributed by atoms with van der Waals surface area (Å²) < 4.78 is 4.46. The van der Waals surface area contributed by atoms with Gasteiger partial charge in [-0.25, -0.2) is 4.79 Å². The highest BCUT2D eigenvalue weighted by Crippen LogP contribution is 2.19. The third kappa shape index (κ3) is 3.02. The van der Waals surface area contributed by atoms with Crippen molar-refractivity contribution in [2.75, 3.05) is 7.11 Å². The zero-order chi connectivity index (χ0) is 12.0. The molecule has 0 radical (unpaired) electrons. The molecule has 0 heterocycles. The number of rotatable bonds is 3. The van der Waals surface area contributed by atoms with E-state index >= 15 is 0 Å². The molecule has 0 aromatic heterocycles. The summed E-state index contributed by atoms with van der Waals surface area (Å²) in [6, 6.07) is 6.87. The van der Waals surface area contributed by atoms with Gasteiger partial charge in [0.05, 0.1) is 7.11 Å². The molecular weight excluding hydrogens is 230 g/mol. The highest BCUT2D eigenvalue weighted by atomic mass is 35.5. The van der Waals surface area contributed by atoms with Crippen LogP contribution >= 0.6 is 11.6 Å². The maximum atomic E-state index is 11.2. The fraction of sp³-hybridized carbons (Fsp3) is 0.100. The molecule has 16 heavy (non-hydrogen) atoms. The fourth-order valence-electron chi connectivity index (χ4n) is 1.02. The van der Waals surface area contributed by atoms with Crippen LogP contribution in [0.3, 0.4) is 0 Å². The third-order valence-corrected chi connectivity index (χ3v) is 2.09. The maximum absolute atomic E-state index is 11.2. The average Bonchev–Trinajstić information content (AvgIpc) is 2.30. The van der Waals surface area contributed by atoms with Crippen LogP contribution in [0.4, 0.5) is 0 Å². The van der Waals surface area contributed by atoms with Crippen molar-refractivity contribution < 1.29 is 9.53 Å². The van der Waals surface area contributed by atoms with Gasteiger partial charge in [-0.1, -0.05) is 34.9 Å². The maximum Gasteiger partial charge on any atom is 0.340 e. The van der Waals surface area contributed by atoms with Crippen molar-refractivity contribution in [3.63, 3.8) is 0 Å². The Labute approximate surface area is 96.9 Å². The number of ether oxygens (including phenoxy) is 1. The third-order valence-electron chi connectivity index (χ3n) is 1.74. The molecule has 6 heteroatoms. The van der Waals surface area contributed by atoms with Crippen molar-refractivity contribution in [1.82, 2.24) is 0 Å². The molecule has 0 unspecified atom stereocenters. The van der Waals surface area contributed by atoms with E-state index in [-0.39, 0.29) is 5.70 Å². The number of carbonyl (C=O) groups is 1. The van der Waals surface area contributed by atoms with Crippen LogP contribution in [0, 0.1) is 0 Å². The van der Waals surface area contributed by atoms with Gasteiger partial charge in [0.25, 0.3) is 0 Å². The normalized spacial score (nSPS) is 10.5. The van der Waals surface area contributed by atoms with Crippen molar-refractivity contribution in [3.05, 3.63) is 51.0 Å². The minimum Gasteiger partial charge on any atom is -0.466 e. The van der Waals surface area contributed by atoms with Gasteiger partial charge >= 0.3 is 5.97 Å². The summed E-state index contributed by atoms with van der Waals surface area (Å²) in [6.45, 7) is 0. The Morgan fingerprint density at radius 3 is 2.81 bits per heavy atom. The molecule has 0 aliphatic rings. The van der Waals surface area contributed by atoms with E-state index in [1.54, 1.807) is 24.3 Å². The molecule has 0 saturated carbocycles. The number of carbonyl (C=O) groups excluding carboxylic acids is 1. The standard InChI is InChI=1S/C10H8ClN3O2/c1-16-10(15)9(13-14-12)6-7-4-2-3-5-8(7)11/h2-6H,1H3. The predicted octanol–water partition coefficient (Wildman–Crippen LogP) is 3.16. The molecule has 0 N–H and O–H groups in total. The summed E-state index contributed by atoms with van der Waals surface area (Å²) in [5, 5.41) is 3.70. The number of nitrogens with zero attached hydrogens (tertiary/aromatic N) is 3. The number of hydrogen-bond donors (Lipinski definition) is 0. The van der Waals surface area contributed by atoms with E-state index in [1.165, 1.54) is 13.2 Å². The number of esters is 1. The Bertz CT molecular complexity index is 479. The molecule has 0 aliphatic heterocycles. The summed E-state index contributed by atoms with van der Waals surface area (Å²) >= 11 is 5.88. The summed E-state index contributed by atoms with van der Waals surface area (Å²) in [4.78, 5) is 13.8. The van der Waals surface area contributed by atoms with E-state index < -0.39 is 5.97 Å². The van der Waals surface area contributed by atoms with Gasteiger partial charge in [0.1, 0.15) is 5.70 Å². The summed E-state index contributed by atoms with van der Waals surface area (Å²) in [5.41, 5.74) is 8.75. The number of methoxy groups -OCH3 is 1. The lowest BCUT2D eigenvalue weighted by Gasteiger charge is -2.00. The van der Waals surface area contributed by atoms with Crippen LogP contribution in [0.25, 0.3) is 16.5 Å². The molecule has 5 nitrogen and oxygen atoms in total. The lowest BCUT2D eigenvalue weighted by atomic mass is 10.2. The first-order chi connectivity index (χ1) is 7.69. The SMILES string of the molecule is COC(=O)C(=Cc1ccccc1Cl)N=[N+]=[N-]. The second-order valence-electron chi connectivity index (χ2n) is 2.73. The molecular formula is C10H8ClN3O2. The molecule has 1 aromatic rings. The van der Waals surface area contributed by atoms with E-state index in [9.17, 15) is 4.79 Å². The molecule has 0 amide bonds. The molecule has 0 aliphatic carbocycles. The van der Waals surface area contributed by atoms with Crippen LogP contribution in [0.2, 0.25) is 5.02 Å². The quantitative estimate of drug-likeness (QED) is 0.266. The molecule has 82 valence electrons. The van der Waals surface area contributed by atoms with Crippen LogP contribution in [-0.2, 0) is 9.53 Å². The number of hydrogen-bond acceptors (Lipinski definition) is 3. The second-order valence-corrected chi connectivity index (χ2v) is 3.14. The zero-order valence-corrected chi connectivity index (χ0v) is 9.18. The van der Waals surface area contributed by atoms with E-state index in [2.05, 4.69) is 14.8 Å². The minimum atomic E-state index is -0.710. The number of azide groups is 1. The average molecular weight is 238 g/mol. The Morgan fingerprint density at radius 2 is 2.25 bits per heavy atom. The lowest BCUT2D eigenvalue weighted by molar-refractivity contribution is -0.136. The van der Waals surface area contributed by atoms with Gasteiger partial charge in [-0.05, 0) is 23.2 Å². The molecule has 0 bridgehead atoms.